The van der Waals surface area contributed by atoms with Crippen LogP contribution in [0.15, 0.2) is 89.8 Å². The predicted octanol–water partition coefficient (Wildman–Crippen LogP) is 5.85. The van der Waals surface area contributed by atoms with Gasteiger partial charge in [-0.2, -0.15) is 0 Å². The monoisotopic (exact) mass is 462 g/mol. The maximum atomic E-state index is 13.2. The Labute approximate surface area is 198 Å². The molecule has 5 heteroatoms. The van der Waals surface area contributed by atoms with Crippen molar-refractivity contribution in [2.75, 3.05) is 0 Å². The molecule has 1 aliphatic rings. The molecule has 1 N–H and O–H groups in total. The topological polar surface area (TPSA) is 49.4 Å². The molecular formula is C28H34N2O2S. The second-order valence-electron chi connectivity index (χ2n) is 9.14. The summed E-state index contributed by atoms with van der Waals surface area (Å²) in [6, 6.07) is 28.3. The summed E-state index contributed by atoms with van der Waals surface area (Å²) in [5.41, 5.74) is 3.54. The minimum atomic E-state index is -3.58. The van der Waals surface area contributed by atoms with Crippen molar-refractivity contribution in [3.8, 4) is 0 Å². The second kappa shape index (κ2) is 10.6. The summed E-state index contributed by atoms with van der Waals surface area (Å²) in [6.45, 7) is 4.98. The highest BCUT2D eigenvalue weighted by Crippen LogP contribution is 2.32. The van der Waals surface area contributed by atoms with Crippen LogP contribution in [0.25, 0.3) is 0 Å². The van der Waals surface area contributed by atoms with E-state index in [9.17, 15) is 8.42 Å². The fraction of sp³-hybridized carbons (Fsp3) is 0.357. The van der Waals surface area contributed by atoms with Gasteiger partial charge in [0.25, 0.3) is 0 Å². The Balaban J connectivity index is 1.64. The first-order valence-electron chi connectivity index (χ1n) is 11.9. The van der Waals surface area contributed by atoms with E-state index in [1.165, 1.54) is 11.1 Å². The van der Waals surface area contributed by atoms with Gasteiger partial charge in [-0.1, -0.05) is 91.2 Å². The van der Waals surface area contributed by atoms with Gasteiger partial charge in [0.2, 0.25) is 10.0 Å². The van der Waals surface area contributed by atoms with Gasteiger partial charge < -0.3 is 0 Å². The first kappa shape index (κ1) is 23.7. The van der Waals surface area contributed by atoms with Crippen molar-refractivity contribution in [3.63, 3.8) is 0 Å². The Morgan fingerprint density at radius 3 is 2.15 bits per heavy atom. The zero-order valence-electron chi connectivity index (χ0n) is 19.5. The van der Waals surface area contributed by atoms with Crippen LogP contribution < -0.4 is 4.72 Å². The first-order valence-corrected chi connectivity index (χ1v) is 13.4. The lowest BCUT2D eigenvalue weighted by molar-refractivity contribution is 0.0839. The van der Waals surface area contributed by atoms with Crippen molar-refractivity contribution < 1.29 is 8.42 Å². The smallest absolute Gasteiger partial charge is 0.240 e. The molecule has 0 unspecified atom stereocenters. The number of hydrogen-bond donors (Lipinski definition) is 1. The van der Waals surface area contributed by atoms with Crippen molar-refractivity contribution in [1.82, 2.24) is 9.62 Å². The van der Waals surface area contributed by atoms with E-state index in [-0.39, 0.29) is 18.1 Å². The molecule has 0 heterocycles. The summed E-state index contributed by atoms with van der Waals surface area (Å²) >= 11 is 0. The maximum absolute atomic E-state index is 13.2. The normalized spacial score (nSPS) is 20.0. The molecule has 1 saturated carbocycles. The first-order chi connectivity index (χ1) is 15.9. The zero-order valence-corrected chi connectivity index (χ0v) is 20.3. The van der Waals surface area contributed by atoms with E-state index < -0.39 is 10.0 Å². The summed E-state index contributed by atoms with van der Waals surface area (Å²) in [5, 5.41) is 0. The van der Waals surface area contributed by atoms with Gasteiger partial charge in [-0.05, 0) is 49.9 Å². The van der Waals surface area contributed by atoms with E-state index in [0.717, 1.165) is 37.8 Å². The van der Waals surface area contributed by atoms with E-state index >= 15 is 0 Å². The zero-order chi connectivity index (χ0) is 23.3. The fourth-order valence-electron chi connectivity index (χ4n) is 4.89. The minimum Gasteiger partial charge on any atom is -0.288 e. The Kier molecular flexibility index (Phi) is 7.63. The molecule has 0 bridgehead atoms. The van der Waals surface area contributed by atoms with Crippen molar-refractivity contribution in [1.29, 1.82) is 0 Å². The molecule has 0 saturated heterocycles. The Morgan fingerprint density at radius 2 is 1.48 bits per heavy atom. The SMILES string of the molecule is Cc1ccc(S(=O)(=O)N[C@@H]2CCCC[C@H]2N(Cc2ccccc2)[C@H](C)c2ccccc2)cc1. The molecule has 0 aliphatic heterocycles. The highest BCUT2D eigenvalue weighted by molar-refractivity contribution is 7.89. The molecule has 33 heavy (non-hydrogen) atoms. The van der Waals surface area contributed by atoms with Crippen LogP contribution >= 0.6 is 0 Å². The average molecular weight is 463 g/mol. The van der Waals surface area contributed by atoms with Crippen molar-refractivity contribution >= 4 is 10.0 Å². The van der Waals surface area contributed by atoms with E-state index in [4.69, 9.17) is 0 Å². The number of benzene rings is 3. The minimum absolute atomic E-state index is 0.120. The predicted molar refractivity (Wildman–Crippen MR) is 134 cm³/mol. The van der Waals surface area contributed by atoms with Gasteiger partial charge in [0.05, 0.1) is 4.90 Å². The lowest BCUT2D eigenvalue weighted by atomic mass is 9.88. The van der Waals surface area contributed by atoms with Crippen LogP contribution in [0.4, 0.5) is 0 Å². The molecule has 1 aliphatic carbocycles. The van der Waals surface area contributed by atoms with Gasteiger partial charge in [-0.3, -0.25) is 4.90 Å². The van der Waals surface area contributed by atoms with Crippen LogP contribution in [0.1, 0.15) is 55.3 Å². The number of hydrogen-bond acceptors (Lipinski definition) is 3. The van der Waals surface area contributed by atoms with Crippen molar-refractivity contribution in [3.05, 3.63) is 102 Å². The lowest BCUT2D eigenvalue weighted by Gasteiger charge is -2.43. The van der Waals surface area contributed by atoms with Crippen LogP contribution in [-0.4, -0.2) is 25.4 Å². The molecule has 4 nitrogen and oxygen atoms in total. The Hall–Kier alpha value is -2.47. The van der Waals surface area contributed by atoms with Gasteiger partial charge in [-0.15, -0.1) is 0 Å². The van der Waals surface area contributed by atoms with Crippen LogP contribution in [0, 0.1) is 6.92 Å². The van der Waals surface area contributed by atoms with Gasteiger partial charge in [0, 0.05) is 24.7 Å². The average Bonchev–Trinajstić information content (AvgIpc) is 2.84. The Bertz CT molecular complexity index is 1120. The van der Waals surface area contributed by atoms with Crippen LogP contribution in [-0.2, 0) is 16.6 Å². The highest BCUT2D eigenvalue weighted by atomic mass is 32.2. The number of rotatable bonds is 8. The molecule has 3 aromatic carbocycles. The standard InChI is InChI=1S/C28H34N2O2S/c1-22-17-19-26(20-18-22)33(31,32)29-27-15-9-10-16-28(27)30(21-24-11-5-3-6-12-24)23(2)25-13-7-4-8-14-25/h3-8,11-14,17-20,23,27-29H,9-10,15-16,21H2,1-2H3/t23-,27-,28-/m1/s1. The van der Waals surface area contributed by atoms with Gasteiger partial charge >= 0.3 is 0 Å². The second-order valence-corrected chi connectivity index (χ2v) is 10.9. The number of nitrogens with one attached hydrogen (secondary N) is 1. The summed E-state index contributed by atoms with van der Waals surface area (Å²) in [5.74, 6) is 0. The maximum Gasteiger partial charge on any atom is 0.240 e. The van der Waals surface area contributed by atoms with Crippen LogP contribution in [0.3, 0.4) is 0 Å². The van der Waals surface area contributed by atoms with Gasteiger partial charge in [0.1, 0.15) is 0 Å². The third-order valence-corrected chi connectivity index (χ3v) is 8.29. The van der Waals surface area contributed by atoms with Crippen molar-refractivity contribution in [2.24, 2.45) is 0 Å². The van der Waals surface area contributed by atoms with Gasteiger partial charge in [0.15, 0.2) is 0 Å². The molecule has 0 aromatic heterocycles. The molecule has 1 fully saturated rings. The molecule has 3 atom stereocenters. The van der Waals surface area contributed by atoms with Crippen LogP contribution in [0.2, 0.25) is 0 Å². The summed E-state index contributed by atoms with van der Waals surface area (Å²) in [7, 11) is -3.58. The Morgan fingerprint density at radius 1 is 0.879 bits per heavy atom. The van der Waals surface area contributed by atoms with E-state index in [1.54, 1.807) is 12.1 Å². The lowest BCUT2D eigenvalue weighted by Crippen LogP contribution is -2.53. The van der Waals surface area contributed by atoms with E-state index in [1.807, 2.05) is 31.2 Å². The fourth-order valence-corrected chi connectivity index (χ4v) is 6.19. The highest BCUT2D eigenvalue weighted by Gasteiger charge is 2.35. The molecule has 4 rings (SSSR count). The summed E-state index contributed by atoms with van der Waals surface area (Å²) < 4.78 is 29.6. The summed E-state index contributed by atoms with van der Waals surface area (Å²) in [6.07, 6.45) is 3.98. The number of aryl methyl sites for hydroxylation is 1. The molecule has 3 aromatic rings. The van der Waals surface area contributed by atoms with Crippen molar-refractivity contribution in [2.45, 2.75) is 69.1 Å². The summed E-state index contributed by atoms with van der Waals surface area (Å²) in [4.78, 5) is 2.83. The quantitative estimate of drug-likeness (QED) is 0.457. The number of nitrogens with zero attached hydrogens (tertiary/aromatic N) is 1. The molecular weight excluding hydrogens is 428 g/mol. The third kappa shape index (κ3) is 5.91. The molecule has 174 valence electrons. The van der Waals surface area contributed by atoms with E-state index in [0.29, 0.717) is 4.90 Å². The molecule has 0 radical (unpaired) electrons. The number of sulfonamides is 1. The molecule has 0 amide bonds. The molecule has 0 spiro atoms. The largest absolute Gasteiger partial charge is 0.288 e. The third-order valence-electron chi connectivity index (χ3n) is 6.78. The van der Waals surface area contributed by atoms with Crippen LogP contribution in [0.5, 0.6) is 0 Å². The van der Waals surface area contributed by atoms with E-state index in [2.05, 4.69) is 65.1 Å². The van der Waals surface area contributed by atoms with Gasteiger partial charge in [-0.25, -0.2) is 13.1 Å².